The zero-order chi connectivity index (χ0) is 20.7. The molecule has 0 radical (unpaired) electrons. The van der Waals surface area contributed by atoms with E-state index < -0.39 is 0 Å². The van der Waals surface area contributed by atoms with E-state index in [1.165, 1.54) is 0 Å². The van der Waals surface area contributed by atoms with Crippen LogP contribution in [0.2, 0.25) is 0 Å². The molecule has 0 heterocycles. The first-order chi connectivity index (χ1) is 13.3. The van der Waals surface area contributed by atoms with Gasteiger partial charge in [-0.1, -0.05) is 18.2 Å². The number of benzene rings is 2. The van der Waals surface area contributed by atoms with Crippen molar-refractivity contribution in [2.75, 3.05) is 37.8 Å². The van der Waals surface area contributed by atoms with Crippen LogP contribution < -0.4 is 16.0 Å². The van der Waals surface area contributed by atoms with Crippen LogP contribution in [-0.4, -0.2) is 49.8 Å². The number of carbonyl (C=O) groups is 3. The summed E-state index contributed by atoms with van der Waals surface area (Å²) in [5.41, 5.74) is 3.90. The summed E-state index contributed by atoms with van der Waals surface area (Å²) < 4.78 is 0. The van der Waals surface area contributed by atoms with Crippen molar-refractivity contribution in [2.24, 2.45) is 0 Å². The Morgan fingerprint density at radius 3 is 1.93 bits per heavy atom. The Balaban J connectivity index is 1.85. The van der Waals surface area contributed by atoms with Crippen LogP contribution in [0.3, 0.4) is 0 Å². The van der Waals surface area contributed by atoms with Crippen molar-refractivity contribution >= 4 is 29.1 Å². The molecule has 0 aromatic heterocycles. The summed E-state index contributed by atoms with van der Waals surface area (Å²) in [6.07, 6.45) is 0. The molecule has 0 aliphatic rings. The molecule has 0 atom stereocenters. The van der Waals surface area contributed by atoms with Crippen LogP contribution in [0, 0.1) is 13.8 Å². The van der Waals surface area contributed by atoms with Gasteiger partial charge in [0.25, 0.3) is 5.91 Å². The second kappa shape index (κ2) is 9.66. The van der Waals surface area contributed by atoms with Crippen molar-refractivity contribution in [3.05, 3.63) is 59.2 Å². The number of aryl methyl sites for hydroxylation is 2. The predicted octanol–water partition coefficient (Wildman–Crippen LogP) is 2.17. The maximum Gasteiger partial charge on any atom is 0.251 e. The number of rotatable bonds is 7. The van der Waals surface area contributed by atoms with E-state index in [0.717, 1.165) is 16.8 Å². The summed E-state index contributed by atoms with van der Waals surface area (Å²) in [7, 11) is 3.27. The molecule has 0 bridgehead atoms. The van der Waals surface area contributed by atoms with E-state index in [2.05, 4.69) is 16.0 Å². The average molecular weight is 382 g/mol. The van der Waals surface area contributed by atoms with Crippen LogP contribution in [0.15, 0.2) is 42.5 Å². The Morgan fingerprint density at radius 1 is 0.857 bits per heavy atom. The van der Waals surface area contributed by atoms with Crippen molar-refractivity contribution in [1.82, 2.24) is 10.2 Å². The zero-order valence-corrected chi connectivity index (χ0v) is 16.6. The van der Waals surface area contributed by atoms with Crippen LogP contribution in [0.5, 0.6) is 0 Å². The smallest absolute Gasteiger partial charge is 0.251 e. The monoisotopic (exact) mass is 382 g/mol. The molecule has 3 amide bonds. The summed E-state index contributed by atoms with van der Waals surface area (Å²) in [4.78, 5) is 37.6. The Morgan fingerprint density at radius 2 is 1.39 bits per heavy atom. The van der Waals surface area contributed by atoms with Crippen LogP contribution in [0.1, 0.15) is 21.5 Å². The fraction of sp³-hybridized carbons (Fsp3) is 0.286. The van der Waals surface area contributed by atoms with Crippen LogP contribution in [0.25, 0.3) is 0 Å². The largest absolute Gasteiger partial charge is 0.355 e. The van der Waals surface area contributed by atoms with E-state index in [9.17, 15) is 14.4 Å². The molecule has 0 fully saturated rings. The molecule has 7 heteroatoms. The molecule has 0 aliphatic heterocycles. The van der Waals surface area contributed by atoms with Crippen LogP contribution in [0.4, 0.5) is 11.4 Å². The van der Waals surface area contributed by atoms with Gasteiger partial charge < -0.3 is 16.0 Å². The lowest BCUT2D eigenvalue weighted by Crippen LogP contribution is -2.36. The molecule has 2 aromatic carbocycles. The van der Waals surface area contributed by atoms with Gasteiger partial charge in [0, 0.05) is 24.0 Å². The van der Waals surface area contributed by atoms with E-state index in [4.69, 9.17) is 0 Å². The van der Waals surface area contributed by atoms with Crippen molar-refractivity contribution in [3.8, 4) is 0 Å². The zero-order valence-electron chi connectivity index (χ0n) is 16.6. The molecule has 0 spiro atoms. The minimum atomic E-state index is -0.241. The van der Waals surface area contributed by atoms with Gasteiger partial charge in [0.15, 0.2) is 0 Å². The number of likely N-dealkylation sites (N-methyl/N-ethyl adjacent to an activating group) is 1. The first-order valence-corrected chi connectivity index (χ1v) is 8.96. The second-order valence-electron chi connectivity index (χ2n) is 6.69. The summed E-state index contributed by atoms with van der Waals surface area (Å²) in [5, 5.41) is 8.20. The Kier molecular flexibility index (Phi) is 7.28. The number of carbonyl (C=O) groups excluding carboxylic acids is 3. The van der Waals surface area contributed by atoms with Crippen molar-refractivity contribution in [1.29, 1.82) is 0 Å². The number of nitrogens with one attached hydrogen (secondary N) is 3. The summed E-state index contributed by atoms with van der Waals surface area (Å²) in [6.45, 7) is 4.04. The molecule has 0 saturated carbocycles. The van der Waals surface area contributed by atoms with Crippen LogP contribution in [-0.2, 0) is 9.59 Å². The molecule has 0 saturated heterocycles. The third kappa shape index (κ3) is 5.92. The standard InChI is InChI=1S/C21H26N4O3/c1-14-6-5-7-15(2)20(14)24-19(27)13-25(4)12-18(26)23-17-10-8-16(9-11-17)21(28)22-3/h5-11H,12-13H2,1-4H3,(H,22,28)(H,23,26)(H,24,27). The number of nitrogens with zero attached hydrogens (tertiary/aromatic N) is 1. The molecule has 2 rings (SSSR count). The summed E-state index contributed by atoms with van der Waals surface area (Å²) in [6, 6.07) is 12.4. The average Bonchev–Trinajstić information content (AvgIpc) is 2.64. The first-order valence-electron chi connectivity index (χ1n) is 8.96. The fourth-order valence-electron chi connectivity index (χ4n) is 2.79. The number of hydrogen-bond acceptors (Lipinski definition) is 4. The van der Waals surface area contributed by atoms with Gasteiger partial charge in [0.1, 0.15) is 0 Å². The van der Waals surface area contributed by atoms with Gasteiger partial charge in [-0.2, -0.15) is 0 Å². The lowest BCUT2D eigenvalue weighted by molar-refractivity contribution is -0.119. The maximum atomic E-state index is 12.3. The highest BCUT2D eigenvalue weighted by atomic mass is 16.2. The minimum Gasteiger partial charge on any atom is -0.355 e. The highest BCUT2D eigenvalue weighted by molar-refractivity contribution is 5.97. The van der Waals surface area contributed by atoms with Gasteiger partial charge in [0.2, 0.25) is 11.8 Å². The quantitative estimate of drug-likeness (QED) is 0.685. The normalized spacial score (nSPS) is 10.5. The third-order valence-electron chi connectivity index (χ3n) is 4.23. The Bertz CT molecular complexity index is 842. The molecular weight excluding hydrogens is 356 g/mol. The van der Waals surface area contributed by atoms with Crippen molar-refractivity contribution in [2.45, 2.75) is 13.8 Å². The topological polar surface area (TPSA) is 90.5 Å². The molecule has 3 N–H and O–H groups in total. The van der Waals surface area contributed by atoms with Gasteiger partial charge in [-0.15, -0.1) is 0 Å². The van der Waals surface area contributed by atoms with E-state index in [-0.39, 0.29) is 30.8 Å². The predicted molar refractivity (Wildman–Crippen MR) is 111 cm³/mol. The first kappa shape index (κ1) is 21.1. The Labute approximate surface area is 165 Å². The Hall–Kier alpha value is -3.19. The number of anilines is 2. The molecular formula is C21H26N4O3. The third-order valence-corrected chi connectivity index (χ3v) is 4.23. The second-order valence-corrected chi connectivity index (χ2v) is 6.69. The van der Waals surface area contributed by atoms with E-state index >= 15 is 0 Å². The molecule has 148 valence electrons. The van der Waals surface area contributed by atoms with Crippen molar-refractivity contribution in [3.63, 3.8) is 0 Å². The van der Waals surface area contributed by atoms with Gasteiger partial charge in [-0.05, 0) is 56.3 Å². The van der Waals surface area contributed by atoms with Crippen molar-refractivity contribution < 1.29 is 14.4 Å². The van der Waals surface area contributed by atoms with Crippen LogP contribution >= 0.6 is 0 Å². The molecule has 7 nitrogen and oxygen atoms in total. The minimum absolute atomic E-state index is 0.0668. The highest BCUT2D eigenvalue weighted by Gasteiger charge is 2.13. The number of amides is 3. The summed E-state index contributed by atoms with van der Waals surface area (Å²) >= 11 is 0. The lowest BCUT2D eigenvalue weighted by Gasteiger charge is -2.17. The molecule has 2 aromatic rings. The molecule has 0 aliphatic carbocycles. The van der Waals surface area contributed by atoms with Gasteiger partial charge in [-0.3, -0.25) is 19.3 Å². The van der Waals surface area contributed by atoms with Gasteiger partial charge in [0.05, 0.1) is 13.1 Å². The maximum absolute atomic E-state index is 12.3. The van der Waals surface area contributed by atoms with Gasteiger partial charge in [-0.25, -0.2) is 0 Å². The van der Waals surface area contributed by atoms with E-state index in [1.54, 1.807) is 43.3 Å². The van der Waals surface area contributed by atoms with E-state index in [1.807, 2.05) is 32.0 Å². The molecule has 0 unspecified atom stereocenters. The van der Waals surface area contributed by atoms with E-state index in [0.29, 0.717) is 11.3 Å². The SMILES string of the molecule is CNC(=O)c1ccc(NC(=O)CN(C)CC(=O)Nc2c(C)cccc2C)cc1. The fourth-order valence-corrected chi connectivity index (χ4v) is 2.79. The summed E-state index contributed by atoms with van der Waals surface area (Å²) in [5.74, 6) is -0.606. The number of hydrogen-bond donors (Lipinski definition) is 3. The lowest BCUT2D eigenvalue weighted by atomic mass is 10.1. The number of para-hydroxylation sites is 1. The van der Waals surface area contributed by atoms with Gasteiger partial charge >= 0.3 is 0 Å². The molecule has 28 heavy (non-hydrogen) atoms. The highest BCUT2D eigenvalue weighted by Crippen LogP contribution is 2.19.